The number of nitrogens with zero attached hydrogens (tertiary/aromatic N) is 1. The van der Waals surface area contributed by atoms with Crippen LogP contribution in [0.4, 0.5) is 4.79 Å². The molecule has 0 radical (unpaired) electrons. The van der Waals surface area contributed by atoms with Crippen LogP contribution in [0.2, 0.25) is 0 Å². The molecule has 140 valence electrons. The van der Waals surface area contributed by atoms with Gasteiger partial charge in [-0.15, -0.1) is 0 Å². The van der Waals surface area contributed by atoms with E-state index in [2.05, 4.69) is 15.9 Å². The molecule has 1 heterocycles. The quantitative estimate of drug-likeness (QED) is 0.500. The van der Waals surface area contributed by atoms with Crippen LogP contribution in [0.3, 0.4) is 0 Å². The fourth-order valence-corrected chi connectivity index (χ4v) is 3.74. The number of thioether (sulfide) groups is 1. The summed E-state index contributed by atoms with van der Waals surface area (Å²) in [7, 11) is 0. The van der Waals surface area contributed by atoms with Crippen LogP contribution < -0.4 is 4.74 Å². The Morgan fingerprint density at radius 3 is 2.59 bits per heavy atom. The van der Waals surface area contributed by atoms with Crippen molar-refractivity contribution < 1.29 is 14.3 Å². The Balaban J connectivity index is 1.75. The molecule has 1 aliphatic heterocycles. The number of benzene rings is 2. The van der Waals surface area contributed by atoms with E-state index in [0.29, 0.717) is 23.8 Å². The van der Waals surface area contributed by atoms with Gasteiger partial charge in [0.25, 0.3) is 11.1 Å². The average Bonchev–Trinajstić information content (AvgIpc) is 2.93. The monoisotopic (exact) mass is 445 g/mol. The highest BCUT2D eigenvalue weighted by atomic mass is 79.9. The Hall–Kier alpha value is -2.05. The zero-order chi connectivity index (χ0) is 19.2. The minimum atomic E-state index is -0.221. The minimum Gasteiger partial charge on any atom is -0.488 e. The largest absolute Gasteiger partial charge is 0.488 e. The van der Waals surface area contributed by atoms with Crippen LogP contribution in [0, 0.1) is 0 Å². The zero-order valence-corrected chi connectivity index (χ0v) is 17.4. The molecule has 0 aromatic heterocycles. The summed E-state index contributed by atoms with van der Waals surface area (Å²) in [6.45, 7) is 2.93. The fraction of sp³-hybridized carbons (Fsp3) is 0.238. The molecular weight excluding hydrogens is 426 g/mol. The van der Waals surface area contributed by atoms with Crippen molar-refractivity contribution in [1.29, 1.82) is 0 Å². The maximum atomic E-state index is 12.5. The predicted molar refractivity (Wildman–Crippen MR) is 113 cm³/mol. The Bertz CT molecular complexity index is 864. The Kier molecular flexibility index (Phi) is 6.74. The van der Waals surface area contributed by atoms with Crippen molar-refractivity contribution in [2.24, 2.45) is 0 Å². The third kappa shape index (κ3) is 5.02. The number of halogens is 1. The summed E-state index contributed by atoms with van der Waals surface area (Å²) in [4.78, 5) is 26.4. The molecule has 4 nitrogen and oxygen atoms in total. The van der Waals surface area contributed by atoms with Crippen molar-refractivity contribution in [3.63, 3.8) is 0 Å². The fourth-order valence-electron chi connectivity index (χ4n) is 2.62. The van der Waals surface area contributed by atoms with Gasteiger partial charge in [-0.2, -0.15) is 0 Å². The molecule has 6 heteroatoms. The number of hydrogen-bond acceptors (Lipinski definition) is 4. The van der Waals surface area contributed by atoms with Gasteiger partial charge in [-0.05, 0) is 48.0 Å². The summed E-state index contributed by atoms with van der Waals surface area (Å²) in [5.74, 6) is 0.460. The second-order valence-corrected chi connectivity index (χ2v) is 8.05. The van der Waals surface area contributed by atoms with Gasteiger partial charge in [0.05, 0.1) is 4.91 Å². The van der Waals surface area contributed by atoms with Crippen molar-refractivity contribution in [3.8, 4) is 5.75 Å². The van der Waals surface area contributed by atoms with Crippen LogP contribution in [-0.2, 0) is 11.4 Å². The van der Waals surface area contributed by atoms with E-state index < -0.39 is 0 Å². The van der Waals surface area contributed by atoms with E-state index in [1.54, 1.807) is 6.08 Å². The van der Waals surface area contributed by atoms with Crippen LogP contribution in [0.1, 0.15) is 30.9 Å². The number of carbonyl (C=O) groups excluding carboxylic acids is 2. The molecule has 1 fully saturated rings. The van der Waals surface area contributed by atoms with E-state index in [-0.39, 0.29) is 11.1 Å². The van der Waals surface area contributed by atoms with E-state index in [0.717, 1.165) is 40.2 Å². The zero-order valence-electron chi connectivity index (χ0n) is 15.0. The topological polar surface area (TPSA) is 46.6 Å². The highest BCUT2D eigenvalue weighted by Gasteiger charge is 2.34. The number of imide groups is 1. The van der Waals surface area contributed by atoms with Crippen molar-refractivity contribution in [2.75, 3.05) is 6.54 Å². The SMILES string of the molecule is CCCCN1C(=O)S/C(=C\c2ccccc2OCc2ccc(Br)cc2)C1=O. The van der Waals surface area contributed by atoms with Crippen molar-refractivity contribution in [2.45, 2.75) is 26.4 Å². The number of hydrogen-bond donors (Lipinski definition) is 0. The number of carbonyl (C=O) groups is 2. The maximum absolute atomic E-state index is 12.5. The molecule has 1 saturated heterocycles. The summed E-state index contributed by atoms with van der Waals surface area (Å²) >= 11 is 4.41. The van der Waals surface area contributed by atoms with Gasteiger partial charge in [0.1, 0.15) is 12.4 Å². The first-order valence-electron chi connectivity index (χ1n) is 8.80. The van der Waals surface area contributed by atoms with Gasteiger partial charge < -0.3 is 4.74 Å². The molecular formula is C21H20BrNO3S. The molecule has 1 aliphatic rings. The minimum absolute atomic E-state index is 0.201. The molecule has 27 heavy (non-hydrogen) atoms. The van der Waals surface area contributed by atoms with Crippen molar-refractivity contribution in [3.05, 3.63) is 69.0 Å². The molecule has 2 amide bonds. The smallest absolute Gasteiger partial charge is 0.293 e. The van der Waals surface area contributed by atoms with Gasteiger partial charge in [0, 0.05) is 16.6 Å². The molecule has 2 aromatic carbocycles. The van der Waals surface area contributed by atoms with E-state index in [1.807, 2.05) is 55.5 Å². The standard InChI is InChI=1S/C21H20BrNO3S/c1-2-3-12-23-20(24)19(27-21(23)25)13-16-6-4-5-7-18(16)26-14-15-8-10-17(22)11-9-15/h4-11,13H,2-3,12,14H2,1H3/b19-13-. The number of unbranched alkanes of at least 4 members (excludes halogenated alkanes) is 1. The second-order valence-electron chi connectivity index (χ2n) is 6.14. The first-order valence-corrected chi connectivity index (χ1v) is 10.4. The van der Waals surface area contributed by atoms with Gasteiger partial charge in [0.2, 0.25) is 0 Å². The molecule has 0 bridgehead atoms. The van der Waals surface area contributed by atoms with Gasteiger partial charge in [-0.3, -0.25) is 14.5 Å². The Morgan fingerprint density at radius 1 is 1.11 bits per heavy atom. The van der Waals surface area contributed by atoms with E-state index >= 15 is 0 Å². The average molecular weight is 446 g/mol. The van der Waals surface area contributed by atoms with E-state index in [4.69, 9.17) is 4.74 Å². The first kappa shape index (κ1) is 19.7. The third-order valence-corrected chi connectivity index (χ3v) is 5.56. The number of amides is 2. The number of rotatable bonds is 7. The van der Waals surface area contributed by atoms with Gasteiger partial charge in [-0.25, -0.2) is 0 Å². The normalized spacial score (nSPS) is 15.6. The number of para-hydroxylation sites is 1. The van der Waals surface area contributed by atoms with Crippen LogP contribution >= 0.6 is 27.7 Å². The summed E-state index contributed by atoms with van der Waals surface area (Å²) in [6, 6.07) is 15.5. The Labute approximate surface area is 171 Å². The molecule has 0 unspecified atom stereocenters. The maximum Gasteiger partial charge on any atom is 0.293 e. The summed E-state index contributed by atoms with van der Waals surface area (Å²) in [5.41, 5.74) is 1.84. The van der Waals surface area contributed by atoms with Crippen molar-refractivity contribution >= 4 is 44.9 Å². The lowest BCUT2D eigenvalue weighted by Gasteiger charge is -2.11. The van der Waals surface area contributed by atoms with Crippen LogP contribution in [0.25, 0.3) is 6.08 Å². The lowest BCUT2D eigenvalue weighted by atomic mass is 10.1. The van der Waals surface area contributed by atoms with Crippen molar-refractivity contribution in [1.82, 2.24) is 4.90 Å². The van der Waals surface area contributed by atoms with Crippen LogP contribution in [0.5, 0.6) is 5.75 Å². The molecule has 0 spiro atoms. The van der Waals surface area contributed by atoms with E-state index in [9.17, 15) is 9.59 Å². The predicted octanol–water partition coefficient (Wildman–Crippen LogP) is 5.86. The highest BCUT2D eigenvalue weighted by Crippen LogP contribution is 2.34. The summed E-state index contributed by atoms with van der Waals surface area (Å²) < 4.78 is 6.97. The molecule has 2 aromatic rings. The Morgan fingerprint density at radius 2 is 1.85 bits per heavy atom. The molecule has 0 saturated carbocycles. The van der Waals surface area contributed by atoms with Crippen LogP contribution in [-0.4, -0.2) is 22.6 Å². The van der Waals surface area contributed by atoms with E-state index in [1.165, 1.54) is 4.90 Å². The molecule has 0 aliphatic carbocycles. The summed E-state index contributed by atoms with van der Waals surface area (Å²) in [5, 5.41) is -0.201. The second kappa shape index (κ2) is 9.24. The highest BCUT2D eigenvalue weighted by molar-refractivity contribution is 9.10. The molecule has 0 atom stereocenters. The lowest BCUT2D eigenvalue weighted by molar-refractivity contribution is -0.122. The van der Waals surface area contributed by atoms with Gasteiger partial charge in [-0.1, -0.05) is 59.6 Å². The third-order valence-electron chi connectivity index (χ3n) is 4.12. The van der Waals surface area contributed by atoms with Crippen LogP contribution in [0.15, 0.2) is 57.9 Å². The number of ether oxygens (including phenoxy) is 1. The van der Waals surface area contributed by atoms with Gasteiger partial charge in [0.15, 0.2) is 0 Å². The summed E-state index contributed by atoms with van der Waals surface area (Å²) in [6.07, 6.45) is 3.50. The van der Waals surface area contributed by atoms with Gasteiger partial charge >= 0.3 is 0 Å². The molecule has 0 N–H and O–H groups in total. The lowest BCUT2D eigenvalue weighted by Crippen LogP contribution is -2.29. The first-order chi connectivity index (χ1) is 13.1. The molecule has 3 rings (SSSR count).